The van der Waals surface area contributed by atoms with Gasteiger partial charge < -0.3 is 25.1 Å². The predicted molar refractivity (Wildman–Crippen MR) is 64.6 cm³/mol. The summed E-state index contributed by atoms with van der Waals surface area (Å²) in [4.78, 5) is 20.0. The number of nitrogens with one attached hydrogen (secondary N) is 1. The van der Waals surface area contributed by atoms with Crippen LogP contribution in [0.3, 0.4) is 0 Å². The Labute approximate surface area is 99.5 Å². The minimum atomic E-state index is -0.308. The zero-order chi connectivity index (χ0) is 12.7. The smallest absolute Gasteiger partial charge is 0.295 e. The Kier molecular flexibility index (Phi) is 5.44. The van der Waals surface area contributed by atoms with E-state index in [0.29, 0.717) is 32.1 Å². The van der Waals surface area contributed by atoms with E-state index in [1.165, 1.54) is 13.4 Å². The maximum Gasteiger partial charge on any atom is 0.295 e. The molecule has 0 unspecified atom stereocenters. The Bertz CT molecular complexity index is 393. The molecule has 0 aromatic carbocycles. The van der Waals surface area contributed by atoms with Gasteiger partial charge >= 0.3 is 0 Å². The molecular weight excluding hydrogens is 224 g/mol. The number of ether oxygens (including phenoxy) is 2. The number of rotatable bonds is 7. The fraction of sp³-hybridized carbons (Fsp3) is 0.600. The van der Waals surface area contributed by atoms with Crippen LogP contribution in [-0.4, -0.2) is 50.4 Å². The van der Waals surface area contributed by atoms with Crippen molar-refractivity contribution in [1.82, 2.24) is 9.97 Å². The molecule has 7 heteroatoms. The summed E-state index contributed by atoms with van der Waals surface area (Å²) in [6.07, 6.45) is 1.34. The summed E-state index contributed by atoms with van der Waals surface area (Å²) < 4.78 is 10.1. The molecule has 0 atom stereocenters. The molecule has 1 heterocycles. The lowest BCUT2D eigenvalue weighted by Gasteiger charge is -2.23. The van der Waals surface area contributed by atoms with E-state index in [9.17, 15) is 4.79 Å². The second-order valence-corrected chi connectivity index (χ2v) is 3.36. The molecule has 17 heavy (non-hydrogen) atoms. The third-order valence-corrected chi connectivity index (χ3v) is 2.26. The van der Waals surface area contributed by atoms with E-state index in [1.54, 1.807) is 7.11 Å². The number of methoxy groups -OCH3 is 2. The first-order valence-electron chi connectivity index (χ1n) is 5.30. The topological polar surface area (TPSA) is 93.5 Å². The molecule has 96 valence electrons. The van der Waals surface area contributed by atoms with E-state index < -0.39 is 0 Å². The Morgan fingerprint density at radius 2 is 2.24 bits per heavy atom. The van der Waals surface area contributed by atoms with Crippen LogP contribution in [0.1, 0.15) is 0 Å². The lowest BCUT2D eigenvalue weighted by molar-refractivity contribution is 0.205. The minimum absolute atomic E-state index is 0.192. The number of hydrogen-bond acceptors (Lipinski definition) is 6. The van der Waals surface area contributed by atoms with Crippen molar-refractivity contribution < 1.29 is 9.47 Å². The highest BCUT2D eigenvalue weighted by Crippen LogP contribution is 2.19. The van der Waals surface area contributed by atoms with E-state index in [2.05, 4.69) is 9.97 Å². The third kappa shape index (κ3) is 3.43. The van der Waals surface area contributed by atoms with E-state index >= 15 is 0 Å². The fourth-order valence-corrected chi connectivity index (χ4v) is 1.47. The number of anilines is 1. The lowest BCUT2D eigenvalue weighted by Crippen LogP contribution is -2.34. The SMILES string of the molecule is COCCN(CCN)c1nc[nH]c(=O)c1OC. The molecule has 1 aromatic rings. The summed E-state index contributed by atoms with van der Waals surface area (Å²) in [6.45, 7) is 2.16. The van der Waals surface area contributed by atoms with E-state index in [0.717, 1.165) is 0 Å². The number of aromatic amines is 1. The second kappa shape index (κ2) is 6.87. The molecule has 0 aliphatic carbocycles. The van der Waals surface area contributed by atoms with Gasteiger partial charge in [0.25, 0.3) is 5.56 Å². The molecule has 7 nitrogen and oxygen atoms in total. The lowest BCUT2D eigenvalue weighted by atomic mass is 10.4. The van der Waals surface area contributed by atoms with E-state index in [1.807, 2.05) is 4.90 Å². The van der Waals surface area contributed by atoms with Gasteiger partial charge in [-0.15, -0.1) is 0 Å². The van der Waals surface area contributed by atoms with Gasteiger partial charge in [0.15, 0.2) is 5.82 Å². The van der Waals surface area contributed by atoms with Crippen LogP contribution in [0.15, 0.2) is 11.1 Å². The molecule has 0 saturated heterocycles. The highest BCUT2D eigenvalue weighted by atomic mass is 16.5. The van der Waals surface area contributed by atoms with Crippen LogP contribution >= 0.6 is 0 Å². The predicted octanol–water partition coefficient (Wildman–Crippen LogP) is -0.810. The van der Waals surface area contributed by atoms with Crippen molar-refractivity contribution in [3.8, 4) is 5.75 Å². The van der Waals surface area contributed by atoms with E-state index in [-0.39, 0.29) is 11.3 Å². The Morgan fingerprint density at radius 1 is 1.47 bits per heavy atom. The number of nitrogens with two attached hydrogens (primary N) is 1. The Balaban J connectivity index is 2.99. The molecule has 0 saturated carbocycles. The largest absolute Gasteiger partial charge is 0.489 e. The standard InChI is InChI=1S/C10H18N4O3/c1-16-6-5-14(4-3-11)9-8(17-2)10(15)13-7-12-9/h7H,3-6,11H2,1-2H3,(H,12,13,15). The average Bonchev–Trinajstić information content (AvgIpc) is 2.34. The molecule has 0 bridgehead atoms. The van der Waals surface area contributed by atoms with Crippen LogP contribution < -0.4 is 20.9 Å². The first kappa shape index (κ1) is 13.5. The molecule has 1 aromatic heterocycles. The molecular formula is C10H18N4O3. The number of nitrogens with zero attached hydrogens (tertiary/aromatic N) is 2. The van der Waals surface area contributed by atoms with Crippen molar-refractivity contribution in [2.75, 3.05) is 45.4 Å². The number of aromatic nitrogens is 2. The van der Waals surface area contributed by atoms with Gasteiger partial charge in [-0.1, -0.05) is 0 Å². The van der Waals surface area contributed by atoms with Crippen LogP contribution in [0.2, 0.25) is 0 Å². The van der Waals surface area contributed by atoms with Gasteiger partial charge in [0.2, 0.25) is 5.75 Å². The van der Waals surface area contributed by atoms with Crippen LogP contribution in [0.25, 0.3) is 0 Å². The summed E-state index contributed by atoms with van der Waals surface area (Å²) in [5.74, 6) is 0.677. The monoisotopic (exact) mass is 242 g/mol. The van der Waals surface area contributed by atoms with Crippen molar-refractivity contribution in [2.24, 2.45) is 5.73 Å². The van der Waals surface area contributed by atoms with Crippen LogP contribution in [-0.2, 0) is 4.74 Å². The first-order valence-corrected chi connectivity index (χ1v) is 5.30. The van der Waals surface area contributed by atoms with Crippen molar-refractivity contribution in [1.29, 1.82) is 0 Å². The summed E-state index contributed by atoms with van der Waals surface area (Å²) in [5.41, 5.74) is 5.22. The van der Waals surface area contributed by atoms with Crippen molar-refractivity contribution >= 4 is 5.82 Å². The summed E-state index contributed by atoms with van der Waals surface area (Å²) in [7, 11) is 3.05. The summed E-state index contributed by atoms with van der Waals surface area (Å²) in [6, 6.07) is 0. The summed E-state index contributed by atoms with van der Waals surface area (Å²) >= 11 is 0. The molecule has 0 radical (unpaired) electrons. The van der Waals surface area contributed by atoms with Gasteiger partial charge in [-0.2, -0.15) is 0 Å². The van der Waals surface area contributed by atoms with Gasteiger partial charge in [-0.25, -0.2) is 4.98 Å². The van der Waals surface area contributed by atoms with Crippen molar-refractivity contribution in [2.45, 2.75) is 0 Å². The van der Waals surface area contributed by atoms with E-state index in [4.69, 9.17) is 15.2 Å². The van der Waals surface area contributed by atoms with Gasteiger partial charge in [-0.3, -0.25) is 4.79 Å². The molecule has 0 aliphatic heterocycles. The van der Waals surface area contributed by atoms with Gasteiger partial charge in [-0.05, 0) is 0 Å². The molecule has 1 rings (SSSR count). The molecule has 0 aliphatic rings. The third-order valence-electron chi connectivity index (χ3n) is 2.26. The highest BCUT2D eigenvalue weighted by molar-refractivity contribution is 5.50. The van der Waals surface area contributed by atoms with Gasteiger partial charge in [0, 0.05) is 26.7 Å². The number of H-pyrrole nitrogens is 1. The molecule has 0 spiro atoms. The molecule has 0 amide bonds. The highest BCUT2D eigenvalue weighted by Gasteiger charge is 2.15. The van der Waals surface area contributed by atoms with Crippen LogP contribution in [0.5, 0.6) is 5.75 Å². The maximum atomic E-state index is 11.5. The zero-order valence-electron chi connectivity index (χ0n) is 10.1. The zero-order valence-corrected chi connectivity index (χ0v) is 10.1. The molecule has 3 N–H and O–H groups in total. The van der Waals surface area contributed by atoms with Crippen molar-refractivity contribution in [3.63, 3.8) is 0 Å². The first-order chi connectivity index (χ1) is 8.24. The quantitative estimate of drug-likeness (QED) is 0.649. The van der Waals surface area contributed by atoms with Crippen LogP contribution in [0, 0.1) is 0 Å². The Hall–Kier alpha value is -1.60. The summed E-state index contributed by atoms with van der Waals surface area (Å²) in [5, 5.41) is 0. The second-order valence-electron chi connectivity index (χ2n) is 3.36. The normalized spacial score (nSPS) is 10.3. The van der Waals surface area contributed by atoms with Crippen molar-refractivity contribution in [3.05, 3.63) is 16.7 Å². The number of hydrogen-bond donors (Lipinski definition) is 2. The average molecular weight is 242 g/mol. The molecule has 0 fully saturated rings. The van der Waals surface area contributed by atoms with Gasteiger partial charge in [0.05, 0.1) is 20.0 Å². The van der Waals surface area contributed by atoms with Gasteiger partial charge in [0.1, 0.15) is 0 Å². The minimum Gasteiger partial charge on any atom is -0.489 e. The Morgan fingerprint density at radius 3 is 2.82 bits per heavy atom. The fourth-order valence-electron chi connectivity index (χ4n) is 1.47. The maximum absolute atomic E-state index is 11.5. The van der Waals surface area contributed by atoms with Crippen LogP contribution in [0.4, 0.5) is 5.82 Å².